The number of benzene rings is 1. The molecule has 7 nitrogen and oxygen atoms in total. The number of amidine groups is 1. The lowest BCUT2D eigenvalue weighted by Gasteiger charge is -2.39. The number of anilines is 1. The molecule has 3 unspecified atom stereocenters. The molecule has 1 N–H and O–H groups in total. The van der Waals surface area contributed by atoms with E-state index in [9.17, 15) is 14.4 Å². The van der Waals surface area contributed by atoms with E-state index in [1.807, 2.05) is 43.3 Å². The SMILES string of the molecule is CN(C)c1ccc(C2C3C(=O)CCCC3=NC3=NC(=O)NC(=O)C32)cc1. The summed E-state index contributed by atoms with van der Waals surface area (Å²) in [6.07, 6.45) is 1.94. The molecule has 0 spiro atoms. The first-order chi connectivity index (χ1) is 12.5. The number of aliphatic imine (C=N–C) groups is 2. The van der Waals surface area contributed by atoms with Gasteiger partial charge in [-0.2, -0.15) is 4.99 Å². The fourth-order valence-corrected chi connectivity index (χ4v) is 4.11. The zero-order chi connectivity index (χ0) is 18.4. The zero-order valence-electron chi connectivity index (χ0n) is 14.7. The van der Waals surface area contributed by atoms with Crippen LogP contribution in [0.15, 0.2) is 34.3 Å². The Balaban J connectivity index is 1.85. The second-order valence-corrected chi connectivity index (χ2v) is 7.15. The number of carbonyl (C=O) groups is 3. The largest absolute Gasteiger partial charge is 0.378 e. The van der Waals surface area contributed by atoms with E-state index in [4.69, 9.17) is 0 Å². The van der Waals surface area contributed by atoms with Crippen molar-refractivity contribution in [2.75, 3.05) is 19.0 Å². The smallest absolute Gasteiger partial charge is 0.349 e. The fraction of sp³-hybridized carbons (Fsp3) is 0.421. The van der Waals surface area contributed by atoms with Crippen LogP contribution in [0.25, 0.3) is 0 Å². The lowest BCUT2D eigenvalue weighted by atomic mass is 9.66. The zero-order valence-corrected chi connectivity index (χ0v) is 14.7. The molecule has 134 valence electrons. The van der Waals surface area contributed by atoms with Crippen LogP contribution in [-0.2, 0) is 9.59 Å². The predicted octanol–water partition coefficient (Wildman–Crippen LogP) is 1.92. The first-order valence-electron chi connectivity index (χ1n) is 8.76. The second-order valence-electron chi connectivity index (χ2n) is 7.15. The first kappa shape index (κ1) is 16.6. The molecule has 3 aliphatic rings. The van der Waals surface area contributed by atoms with E-state index in [2.05, 4.69) is 15.3 Å². The lowest BCUT2D eigenvalue weighted by molar-refractivity contribution is -0.125. The van der Waals surface area contributed by atoms with E-state index in [-0.39, 0.29) is 17.5 Å². The van der Waals surface area contributed by atoms with Crippen LogP contribution in [0.4, 0.5) is 10.5 Å². The summed E-state index contributed by atoms with van der Waals surface area (Å²) in [6, 6.07) is 7.15. The molecule has 7 heteroatoms. The number of imide groups is 1. The van der Waals surface area contributed by atoms with Crippen molar-refractivity contribution in [2.45, 2.75) is 25.2 Å². The van der Waals surface area contributed by atoms with E-state index in [1.165, 1.54) is 0 Å². The van der Waals surface area contributed by atoms with Crippen molar-refractivity contribution in [2.24, 2.45) is 21.8 Å². The average Bonchev–Trinajstić information content (AvgIpc) is 2.60. The fourth-order valence-electron chi connectivity index (χ4n) is 4.11. The molecule has 1 fully saturated rings. The first-order valence-corrected chi connectivity index (χ1v) is 8.76. The number of nitrogens with zero attached hydrogens (tertiary/aromatic N) is 3. The maximum Gasteiger partial charge on any atom is 0.349 e. The third kappa shape index (κ3) is 2.64. The maximum absolute atomic E-state index is 12.7. The summed E-state index contributed by atoms with van der Waals surface area (Å²) in [7, 11) is 3.91. The number of hydrogen-bond acceptors (Lipinski definition) is 5. The Kier molecular flexibility index (Phi) is 3.94. The minimum Gasteiger partial charge on any atom is -0.378 e. The quantitative estimate of drug-likeness (QED) is 0.880. The summed E-state index contributed by atoms with van der Waals surface area (Å²) in [5.74, 6) is -1.59. The molecule has 0 radical (unpaired) electrons. The summed E-state index contributed by atoms with van der Waals surface area (Å²) in [4.78, 5) is 47.3. The molecule has 1 aromatic rings. The van der Waals surface area contributed by atoms with Crippen molar-refractivity contribution in [3.8, 4) is 0 Å². The molecule has 2 heterocycles. The molecule has 0 saturated heterocycles. The van der Waals surface area contributed by atoms with E-state index >= 15 is 0 Å². The van der Waals surface area contributed by atoms with Crippen LogP contribution in [0.2, 0.25) is 0 Å². The second kappa shape index (κ2) is 6.16. The number of Topliss-reactive ketones (excluding diaryl/α,β-unsaturated/α-hetero) is 1. The van der Waals surface area contributed by atoms with E-state index < -0.39 is 23.8 Å². The number of amides is 3. The number of fused-ring (bicyclic) bond motifs is 2. The standard InChI is InChI=1S/C19H20N4O3/c1-23(2)11-8-6-10(7-9-11)14-15-12(4-3-5-13(15)24)20-17-16(14)18(25)22-19(26)21-17/h6-9,14-16H,3-5H2,1-2H3,(H,22,25,26). The highest BCUT2D eigenvalue weighted by Crippen LogP contribution is 2.43. The van der Waals surface area contributed by atoms with Gasteiger partial charge < -0.3 is 4.90 Å². The number of rotatable bonds is 2. The third-order valence-corrected chi connectivity index (χ3v) is 5.34. The molecule has 1 aliphatic carbocycles. The molecule has 1 saturated carbocycles. The molecular formula is C19H20N4O3. The van der Waals surface area contributed by atoms with E-state index in [0.717, 1.165) is 23.4 Å². The van der Waals surface area contributed by atoms with E-state index in [1.54, 1.807) is 0 Å². The average molecular weight is 352 g/mol. The minimum absolute atomic E-state index is 0.112. The predicted molar refractivity (Wildman–Crippen MR) is 97.8 cm³/mol. The molecule has 1 aromatic carbocycles. The molecule has 4 rings (SSSR count). The van der Waals surface area contributed by atoms with Crippen LogP contribution in [-0.4, -0.2) is 43.4 Å². The molecule has 0 bridgehead atoms. The van der Waals surface area contributed by atoms with Gasteiger partial charge in [-0.25, -0.2) is 9.79 Å². The van der Waals surface area contributed by atoms with Gasteiger partial charge >= 0.3 is 6.03 Å². The monoisotopic (exact) mass is 352 g/mol. The topological polar surface area (TPSA) is 91.2 Å². The van der Waals surface area contributed by atoms with Crippen LogP contribution in [0.1, 0.15) is 30.7 Å². The Morgan fingerprint density at radius 1 is 1.00 bits per heavy atom. The Morgan fingerprint density at radius 3 is 2.42 bits per heavy atom. The van der Waals surface area contributed by atoms with Gasteiger partial charge in [0.2, 0.25) is 5.91 Å². The Bertz CT molecular complexity index is 854. The molecule has 26 heavy (non-hydrogen) atoms. The van der Waals surface area contributed by atoms with Gasteiger partial charge in [0.1, 0.15) is 17.5 Å². The maximum atomic E-state index is 12.7. The molecule has 3 amide bonds. The summed E-state index contributed by atoms with van der Waals surface area (Å²) in [5.41, 5.74) is 2.68. The highest BCUT2D eigenvalue weighted by atomic mass is 16.2. The summed E-state index contributed by atoms with van der Waals surface area (Å²) in [5, 5.41) is 2.26. The Hall–Kier alpha value is -2.83. The lowest BCUT2D eigenvalue weighted by Crippen LogP contribution is -2.52. The summed E-state index contributed by atoms with van der Waals surface area (Å²) >= 11 is 0. The number of hydrogen-bond donors (Lipinski definition) is 1. The van der Waals surface area contributed by atoms with Crippen molar-refractivity contribution in [1.82, 2.24) is 5.32 Å². The van der Waals surface area contributed by atoms with Crippen molar-refractivity contribution in [3.05, 3.63) is 29.8 Å². The third-order valence-electron chi connectivity index (χ3n) is 5.34. The summed E-state index contributed by atoms with van der Waals surface area (Å²) < 4.78 is 0. The van der Waals surface area contributed by atoms with E-state index in [0.29, 0.717) is 12.8 Å². The number of urea groups is 1. The molecule has 3 atom stereocenters. The molecular weight excluding hydrogens is 332 g/mol. The Morgan fingerprint density at radius 2 is 1.73 bits per heavy atom. The molecule has 2 aliphatic heterocycles. The number of nitrogens with one attached hydrogen (secondary N) is 1. The highest BCUT2D eigenvalue weighted by Gasteiger charge is 2.49. The van der Waals surface area contributed by atoms with Gasteiger partial charge in [0.25, 0.3) is 0 Å². The van der Waals surface area contributed by atoms with Crippen molar-refractivity contribution in [1.29, 1.82) is 0 Å². The minimum atomic E-state index is -0.714. The summed E-state index contributed by atoms with van der Waals surface area (Å²) in [6.45, 7) is 0. The van der Waals surface area contributed by atoms with Crippen LogP contribution in [0.5, 0.6) is 0 Å². The van der Waals surface area contributed by atoms with Crippen LogP contribution in [0, 0.1) is 11.8 Å². The van der Waals surface area contributed by atoms with Gasteiger partial charge in [0.05, 0.1) is 5.92 Å². The Labute approximate surface area is 151 Å². The van der Waals surface area contributed by atoms with Gasteiger partial charge in [-0.3, -0.25) is 14.9 Å². The van der Waals surface area contributed by atoms with Gasteiger partial charge in [-0.1, -0.05) is 12.1 Å². The van der Waals surface area contributed by atoms with Crippen LogP contribution >= 0.6 is 0 Å². The highest BCUT2D eigenvalue weighted by molar-refractivity contribution is 6.23. The van der Waals surface area contributed by atoms with Gasteiger partial charge in [0.15, 0.2) is 0 Å². The number of ketones is 1. The van der Waals surface area contributed by atoms with Crippen molar-refractivity contribution in [3.63, 3.8) is 0 Å². The van der Waals surface area contributed by atoms with Gasteiger partial charge in [0, 0.05) is 37.8 Å². The van der Waals surface area contributed by atoms with Gasteiger partial charge in [-0.05, 0) is 30.5 Å². The van der Waals surface area contributed by atoms with Crippen molar-refractivity contribution < 1.29 is 14.4 Å². The van der Waals surface area contributed by atoms with Crippen LogP contribution < -0.4 is 10.2 Å². The van der Waals surface area contributed by atoms with Crippen LogP contribution in [0.3, 0.4) is 0 Å². The normalized spacial score (nSPS) is 27.8. The number of carbonyl (C=O) groups excluding carboxylic acids is 3. The van der Waals surface area contributed by atoms with Crippen molar-refractivity contribution >= 4 is 35.0 Å². The van der Waals surface area contributed by atoms with Gasteiger partial charge in [-0.15, -0.1) is 0 Å². The molecule has 0 aromatic heterocycles.